The molecule has 1 aliphatic heterocycles. The van der Waals surface area contributed by atoms with Gasteiger partial charge in [0.05, 0.1) is 24.8 Å². The molecule has 31 heavy (non-hydrogen) atoms. The lowest BCUT2D eigenvalue weighted by Crippen LogP contribution is -2.32. The summed E-state index contributed by atoms with van der Waals surface area (Å²) >= 11 is 0. The number of nitrogens with zero attached hydrogens (tertiary/aromatic N) is 2. The van der Waals surface area contributed by atoms with Gasteiger partial charge in [-0.05, 0) is 11.6 Å². The Hall–Kier alpha value is -3.86. The van der Waals surface area contributed by atoms with E-state index in [1.165, 1.54) is 0 Å². The van der Waals surface area contributed by atoms with Gasteiger partial charge in [-0.25, -0.2) is 0 Å². The Bertz CT molecular complexity index is 1190. The smallest absolute Gasteiger partial charge is 0.255 e. The molecular weight excluding hydrogens is 386 g/mol. The zero-order valence-electron chi connectivity index (χ0n) is 17.1. The van der Waals surface area contributed by atoms with Gasteiger partial charge in [0.2, 0.25) is 0 Å². The number of para-hydroxylation sites is 1. The normalized spacial score (nSPS) is 15.0. The van der Waals surface area contributed by atoms with Crippen molar-refractivity contribution in [3.8, 4) is 17.0 Å². The van der Waals surface area contributed by atoms with E-state index >= 15 is 0 Å². The highest BCUT2D eigenvalue weighted by atomic mass is 16.5. The number of hydrogen-bond acceptors (Lipinski definition) is 3. The molecule has 0 spiro atoms. The van der Waals surface area contributed by atoms with E-state index in [1.54, 1.807) is 0 Å². The summed E-state index contributed by atoms with van der Waals surface area (Å²) in [4.78, 5) is 13.4. The Labute approximate surface area is 181 Å². The first-order valence-corrected chi connectivity index (χ1v) is 10.5. The van der Waals surface area contributed by atoms with E-state index in [0.29, 0.717) is 24.4 Å². The van der Waals surface area contributed by atoms with Crippen LogP contribution >= 0.6 is 0 Å². The number of ether oxygens (including phenoxy) is 1. The van der Waals surface area contributed by atoms with Crippen molar-refractivity contribution in [2.75, 3.05) is 6.61 Å². The summed E-state index contributed by atoms with van der Waals surface area (Å²) in [7, 11) is 0. The fourth-order valence-electron chi connectivity index (χ4n) is 3.98. The van der Waals surface area contributed by atoms with E-state index in [2.05, 4.69) is 17.4 Å². The first-order chi connectivity index (χ1) is 15.3. The molecule has 4 aromatic rings. The SMILES string of the molecule is O=C(N[C@H]1CCOc2ccccc21)c1cn(Cc2ccccc2)nc1-c1ccccc1. The average Bonchev–Trinajstić information content (AvgIpc) is 3.24. The molecule has 0 saturated carbocycles. The molecule has 0 bridgehead atoms. The molecule has 0 unspecified atom stereocenters. The van der Waals surface area contributed by atoms with Crippen molar-refractivity contribution in [2.45, 2.75) is 19.0 Å². The summed E-state index contributed by atoms with van der Waals surface area (Å²) in [5.74, 6) is 0.710. The van der Waals surface area contributed by atoms with E-state index in [1.807, 2.05) is 83.7 Å². The lowest BCUT2D eigenvalue weighted by atomic mass is 10.00. The van der Waals surface area contributed by atoms with E-state index < -0.39 is 0 Å². The van der Waals surface area contributed by atoms with Crippen LogP contribution in [0.5, 0.6) is 5.75 Å². The van der Waals surface area contributed by atoms with E-state index in [0.717, 1.165) is 28.9 Å². The second-order valence-electron chi connectivity index (χ2n) is 7.64. The maximum absolute atomic E-state index is 13.4. The maximum atomic E-state index is 13.4. The molecule has 5 heteroatoms. The highest BCUT2D eigenvalue weighted by Crippen LogP contribution is 2.32. The minimum Gasteiger partial charge on any atom is -0.493 e. The summed E-state index contributed by atoms with van der Waals surface area (Å²) in [6.07, 6.45) is 2.58. The largest absolute Gasteiger partial charge is 0.493 e. The van der Waals surface area contributed by atoms with Crippen molar-refractivity contribution in [2.24, 2.45) is 0 Å². The molecule has 1 amide bonds. The Morgan fingerprint density at radius 1 is 0.968 bits per heavy atom. The molecule has 0 fully saturated rings. The summed E-state index contributed by atoms with van der Waals surface area (Å²) in [5, 5.41) is 7.97. The molecule has 3 aromatic carbocycles. The second-order valence-corrected chi connectivity index (χ2v) is 7.64. The molecule has 1 atom stereocenters. The number of nitrogens with one attached hydrogen (secondary N) is 1. The Kier molecular flexibility index (Phi) is 5.23. The molecule has 5 rings (SSSR count). The van der Waals surface area contributed by atoms with Crippen LogP contribution < -0.4 is 10.1 Å². The lowest BCUT2D eigenvalue weighted by molar-refractivity contribution is 0.0925. The monoisotopic (exact) mass is 409 g/mol. The Morgan fingerprint density at radius 3 is 2.48 bits per heavy atom. The predicted octanol–water partition coefficient (Wildman–Crippen LogP) is 4.85. The van der Waals surface area contributed by atoms with Crippen LogP contribution in [0.25, 0.3) is 11.3 Å². The van der Waals surface area contributed by atoms with Crippen molar-refractivity contribution in [1.29, 1.82) is 0 Å². The molecule has 1 N–H and O–H groups in total. The van der Waals surface area contributed by atoms with Crippen molar-refractivity contribution < 1.29 is 9.53 Å². The van der Waals surface area contributed by atoms with Crippen molar-refractivity contribution in [3.05, 3.63) is 108 Å². The van der Waals surface area contributed by atoms with Gasteiger partial charge in [-0.1, -0.05) is 78.9 Å². The molecule has 1 aromatic heterocycles. The fourth-order valence-corrected chi connectivity index (χ4v) is 3.98. The van der Waals surface area contributed by atoms with Gasteiger partial charge in [0.15, 0.2) is 0 Å². The van der Waals surface area contributed by atoms with Crippen LogP contribution in [0, 0.1) is 0 Å². The molecule has 5 nitrogen and oxygen atoms in total. The average molecular weight is 409 g/mol. The van der Waals surface area contributed by atoms with E-state index in [9.17, 15) is 4.79 Å². The lowest BCUT2D eigenvalue weighted by Gasteiger charge is -2.26. The standard InChI is InChI=1S/C26H23N3O2/c30-26(27-23-15-16-31-24-14-8-7-13-21(23)24)22-18-29(17-19-9-3-1-4-10-19)28-25(22)20-11-5-2-6-12-20/h1-14,18,23H,15-17H2,(H,27,30)/t23-/m0/s1. The molecule has 1 aliphatic rings. The number of aromatic nitrogens is 2. The van der Waals surface area contributed by atoms with Crippen LogP contribution in [0.3, 0.4) is 0 Å². The van der Waals surface area contributed by atoms with Gasteiger partial charge in [0, 0.05) is 23.7 Å². The van der Waals surface area contributed by atoms with Gasteiger partial charge in [-0.2, -0.15) is 5.10 Å². The van der Waals surface area contributed by atoms with Crippen molar-refractivity contribution in [3.63, 3.8) is 0 Å². The molecule has 0 aliphatic carbocycles. The third-order valence-electron chi connectivity index (χ3n) is 5.50. The fraction of sp³-hybridized carbons (Fsp3) is 0.154. The van der Waals surface area contributed by atoms with Crippen LogP contribution in [0.4, 0.5) is 0 Å². The van der Waals surface area contributed by atoms with Gasteiger partial charge in [-0.15, -0.1) is 0 Å². The summed E-state index contributed by atoms with van der Waals surface area (Å²) in [5.41, 5.74) is 4.34. The van der Waals surface area contributed by atoms with Gasteiger partial charge in [0.25, 0.3) is 5.91 Å². The van der Waals surface area contributed by atoms with E-state index in [-0.39, 0.29) is 11.9 Å². The van der Waals surface area contributed by atoms with Crippen LogP contribution in [-0.4, -0.2) is 22.3 Å². The third-order valence-corrected chi connectivity index (χ3v) is 5.50. The van der Waals surface area contributed by atoms with Crippen molar-refractivity contribution in [1.82, 2.24) is 15.1 Å². The molecule has 0 saturated heterocycles. The van der Waals surface area contributed by atoms with E-state index in [4.69, 9.17) is 9.84 Å². The van der Waals surface area contributed by atoms with Gasteiger partial charge < -0.3 is 10.1 Å². The predicted molar refractivity (Wildman–Crippen MR) is 120 cm³/mol. The van der Waals surface area contributed by atoms with Crippen LogP contribution in [0.1, 0.15) is 33.9 Å². The Balaban J connectivity index is 1.47. The molecule has 2 heterocycles. The molecule has 154 valence electrons. The third kappa shape index (κ3) is 4.08. The number of rotatable bonds is 5. The number of hydrogen-bond donors (Lipinski definition) is 1. The number of benzene rings is 3. The molecule has 0 radical (unpaired) electrons. The number of fused-ring (bicyclic) bond motifs is 1. The minimum absolute atomic E-state index is 0.0847. The highest BCUT2D eigenvalue weighted by Gasteiger charge is 2.25. The number of carbonyl (C=O) groups excluding carboxylic acids is 1. The van der Waals surface area contributed by atoms with Gasteiger partial charge in [0.1, 0.15) is 11.4 Å². The van der Waals surface area contributed by atoms with Crippen LogP contribution in [-0.2, 0) is 6.54 Å². The number of carbonyl (C=O) groups is 1. The minimum atomic E-state index is -0.125. The summed E-state index contributed by atoms with van der Waals surface area (Å²) in [6, 6.07) is 27.8. The zero-order chi connectivity index (χ0) is 21.0. The topological polar surface area (TPSA) is 56.1 Å². The maximum Gasteiger partial charge on any atom is 0.255 e. The molecular formula is C26H23N3O2. The van der Waals surface area contributed by atoms with Crippen LogP contribution in [0.2, 0.25) is 0 Å². The van der Waals surface area contributed by atoms with Gasteiger partial charge in [-0.3, -0.25) is 9.48 Å². The van der Waals surface area contributed by atoms with Crippen molar-refractivity contribution >= 4 is 5.91 Å². The van der Waals surface area contributed by atoms with Gasteiger partial charge >= 0.3 is 0 Å². The Morgan fingerprint density at radius 2 is 1.68 bits per heavy atom. The quantitative estimate of drug-likeness (QED) is 0.513. The summed E-state index contributed by atoms with van der Waals surface area (Å²) in [6.45, 7) is 1.19. The second kappa shape index (κ2) is 8.48. The zero-order valence-corrected chi connectivity index (χ0v) is 17.1. The highest BCUT2D eigenvalue weighted by molar-refractivity contribution is 6.00. The first kappa shape index (κ1) is 19.1. The number of amides is 1. The summed E-state index contributed by atoms with van der Waals surface area (Å²) < 4.78 is 7.57. The first-order valence-electron chi connectivity index (χ1n) is 10.5. The van der Waals surface area contributed by atoms with Crippen LogP contribution in [0.15, 0.2) is 91.1 Å².